The first-order valence-corrected chi connectivity index (χ1v) is 6.65. The summed E-state index contributed by atoms with van der Waals surface area (Å²) >= 11 is 1.66. The average Bonchev–Trinajstić information content (AvgIpc) is 2.24. The van der Waals surface area contributed by atoms with Gasteiger partial charge in [-0.05, 0) is 12.7 Å². The fourth-order valence-electron chi connectivity index (χ4n) is 1.19. The van der Waals surface area contributed by atoms with E-state index in [2.05, 4.69) is 5.32 Å². The topological polar surface area (TPSA) is 113 Å². The number of carboxylic acids is 1. The molecule has 0 spiro atoms. The van der Waals surface area contributed by atoms with Gasteiger partial charge in [-0.2, -0.15) is 11.8 Å². The summed E-state index contributed by atoms with van der Waals surface area (Å²) in [7, 11) is 0. The molecule has 18 heavy (non-hydrogen) atoms. The maximum atomic E-state index is 11.7. The fraction of sp³-hybridized carbons (Fsp3) is 0.700. The number of hydrogen-bond acceptors (Lipinski definition) is 4. The molecule has 1 atom stereocenters. The lowest BCUT2D eigenvalue weighted by atomic mass is 10.4. The number of primary amides is 1. The molecule has 7 nitrogen and oxygen atoms in total. The SMILES string of the molecule is CCSCC(C)NC(=O)N(CC(N)=O)CC(=O)O. The summed E-state index contributed by atoms with van der Waals surface area (Å²) in [5.74, 6) is -0.288. The van der Waals surface area contributed by atoms with E-state index in [-0.39, 0.29) is 6.04 Å². The molecule has 0 heterocycles. The quantitative estimate of drug-likeness (QED) is 0.564. The first kappa shape index (κ1) is 16.6. The molecular formula is C10H19N3O4S. The van der Waals surface area contributed by atoms with E-state index in [1.807, 2.05) is 13.8 Å². The molecule has 0 aliphatic rings. The number of hydrogen-bond donors (Lipinski definition) is 3. The van der Waals surface area contributed by atoms with Gasteiger partial charge in [-0.3, -0.25) is 9.59 Å². The summed E-state index contributed by atoms with van der Waals surface area (Å²) in [5, 5.41) is 11.3. The van der Waals surface area contributed by atoms with Gasteiger partial charge in [0.25, 0.3) is 0 Å². The smallest absolute Gasteiger partial charge is 0.323 e. The van der Waals surface area contributed by atoms with Crippen LogP contribution >= 0.6 is 11.8 Å². The molecule has 0 bridgehead atoms. The van der Waals surface area contributed by atoms with Gasteiger partial charge in [-0.1, -0.05) is 6.92 Å². The van der Waals surface area contributed by atoms with Crippen molar-refractivity contribution in [3.05, 3.63) is 0 Å². The van der Waals surface area contributed by atoms with Gasteiger partial charge in [0.15, 0.2) is 0 Å². The number of carboxylic acid groups (broad SMARTS) is 1. The number of carbonyl (C=O) groups excluding carboxylic acids is 2. The molecular weight excluding hydrogens is 258 g/mol. The highest BCUT2D eigenvalue weighted by Crippen LogP contribution is 2.02. The van der Waals surface area contributed by atoms with Crippen molar-refractivity contribution < 1.29 is 19.5 Å². The highest BCUT2D eigenvalue weighted by Gasteiger charge is 2.19. The van der Waals surface area contributed by atoms with Gasteiger partial charge < -0.3 is 21.1 Å². The highest BCUT2D eigenvalue weighted by atomic mass is 32.2. The van der Waals surface area contributed by atoms with Crippen LogP contribution in [0.5, 0.6) is 0 Å². The maximum absolute atomic E-state index is 11.7. The van der Waals surface area contributed by atoms with Crippen molar-refractivity contribution in [3.63, 3.8) is 0 Å². The van der Waals surface area contributed by atoms with E-state index in [4.69, 9.17) is 10.8 Å². The van der Waals surface area contributed by atoms with Gasteiger partial charge in [0.05, 0.1) is 0 Å². The summed E-state index contributed by atoms with van der Waals surface area (Å²) in [5.41, 5.74) is 4.96. The molecule has 8 heteroatoms. The Labute approximate surface area is 110 Å². The molecule has 0 saturated heterocycles. The van der Waals surface area contributed by atoms with E-state index in [1.165, 1.54) is 0 Å². The van der Waals surface area contributed by atoms with Crippen LogP contribution in [0.15, 0.2) is 0 Å². The summed E-state index contributed by atoms with van der Waals surface area (Å²) in [6.45, 7) is 2.85. The average molecular weight is 277 g/mol. The van der Waals surface area contributed by atoms with Crippen molar-refractivity contribution in [1.82, 2.24) is 10.2 Å². The zero-order chi connectivity index (χ0) is 14.1. The number of nitrogens with zero attached hydrogens (tertiary/aromatic N) is 1. The van der Waals surface area contributed by atoms with Gasteiger partial charge in [-0.25, -0.2) is 4.79 Å². The lowest BCUT2D eigenvalue weighted by molar-refractivity contribution is -0.137. The van der Waals surface area contributed by atoms with Crippen molar-refractivity contribution in [2.45, 2.75) is 19.9 Å². The second-order valence-electron chi connectivity index (χ2n) is 3.73. The minimum atomic E-state index is -1.19. The Balaban J connectivity index is 4.35. The van der Waals surface area contributed by atoms with Crippen molar-refractivity contribution in [3.8, 4) is 0 Å². The number of carbonyl (C=O) groups is 3. The van der Waals surface area contributed by atoms with E-state index in [0.29, 0.717) is 0 Å². The first-order chi connectivity index (χ1) is 8.36. The van der Waals surface area contributed by atoms with Crippen LogP contribution < -0.4 is 11.1 Å². The lowest BCUT2D eigenvalue weighted by Crippen LogP contribution is -2.49. The van der Waals surface area contributed by atoms with Crippen LogP contribution in [-0.4, -0.2) is 58.6 Å². The standard InChI is InChI=1S/C10H19N3O4S/c1-3-18-6-7(2)12-10(17)13(4-8(11)14)5-9(15)16/h7H,3-6H2,1-2H3,(H2,11,14)(H,12,17)(H,15,16). The summed E-state index contributed by atoms with van der Waals surface area (Å²) in [6, 6.07) is -0.702. The van der Waals surface area contributed by atoms with Gasteiger partial charge in [0.2, 0.25) is 5.91 Å². The number of thioether (sulfide) groups is 1. The van der Waals surface area contributed by atoms with Crippen LogP contribution in [0.1, 0.15) is 13.8 Å². The summed E-state index contributed by atoms with van der Waals surface area (Å²) in [4.78, 5) is 33.9. The molecule has 0 fully saturated rings. The molecule has 4 N–H and O–H groups in total. The number of amides is 3. The summed E-state index contributed by atoms with van der Waals surface area (Å²) < 4.78 is 0. The van der Waals surface area contributed by atoms with E-state index >= 15 is 0 Å². The Morgan fingerprint density at radius 3 is 2.44 bits per heavy atom. The largest absolute Gasteiger partial charge is 0.480 e. The Kier molecular flexibility index (Phi) is 7.93. The normalized spacial score (nSPS) is 11.7. The van der Waals surface area contributed by atoms with Gasteiger partial charge in [0, 0.05) is 11.8 Å². The summed E-state index contributed by atoms with van der Waals surface area (Å²) in [6.07, 6.45) is 0. The van der Waals surface area contributed by atoms with E-state index in [1.54, 1.807) is 11.8 Å². The van der Waals surface area contributed by atoms with E-state index < -0.39 is 31.0 Å². The maximum Gasteiger partial charge on any atom is 0.323 e. The van der Waals surface area contributed by atoms with Crippen LogP contribution in [0.4, 0.5) is 4.79 Å². The van der Waals surface area contributed by atoms with Crippen molar-refractivity contribution in [2.24, 2.45) is 5.73 Å². The molecule has 1 unspecified atom stereocenters. The van der Waals surface area contributed by atoms with Crippen LogP contribution in [-0.2, 0) is 9.59 Å². The molecule has 0 saturated carbocycles. The second-order valence-corrected chi connectivity index (χ2v) is 5.05. The van der Waals surface area contributed by atoms with Crippen LogP contribution in [0.2, 0.25) is 0 Å². The number of urea groups is 1. The van der Waals surface area contributed by atoms with Gasteiger partial charge in [0.1, 0.15) is 13.1 Å². The molecule has 3 amide bonds. The molecule has 0 aromatic heterocycles. The minimum absolute atomic E-state index is 0.105. The van der Waals surface area contributed by atoms with Crippen LogP contribution in [0.3, 0.4) is 0 Å². The van der Waals surface area contributed by atoms with Crippen LogP contribution in [0, 0.1) is 0 Å². The van der Waals surface area contributed by atoms with Crippen molar-refractivity contribution in [2.75, 3.05) is 24.6 Å². The molecule has 0 aliphatic carbocycles. The highest BCUT2D eigenvalue weighted by molar-refractivity contribution is 7.99. The zero-order valence-corrected chi connectivity index (χ0v) is 11.3. The van der Waals surface area contributed by atoms with Gasteiger partial charge in [-0.15, -0.1) is 0 Å². The monoisotopic (exact) mass is 277 g/mol. The van der Waals surface area contributed by atoms with E-state index in [9.17, 15) is 14.4 Å². The third-order valence-corrected chi connectivity index (χ3v) is 3.05. The molecule has 0 aliphatic heterocycles. The Bertz CT molecular complexity index is 295. The van der Waals surface area contributed by atoms with Crippen LogP contribution in [0.25, 0.3) is 0 Å². The molecule has 0 rings (SSSR count). The van der Waals surface area contributed by atoms with Gasteiger partial charge >= 0.3 is 12.0 Å². The van der Waals surface area contributed by atoms with Crippen molar-refractivity contribution >= 4 is 29.7 Å². The molecule has 104 valence electrons. The third-order valence-electron chi connectivity index (χ3n) is 1.90. The second kappa shape index (κ2) is 8.62. The Hall–Kier alpha value is -1.44. The molecule has 0 radical (unpaired) electrons. The molecule has 0 aromatic rings. The predicted molar refractivity (Wildman–Crippen MR) is 69.4 cm³/mol. The Morgan fingerprint density at radius 2 is 2.00 bits per heavy atom. The predicted octanol–water partition coefficient (Wildman–Crippen LogP) is -0.290. The van der Waals surface area contributed by atoms with E-state index in [0.717, 1.165) is 16.4 Å². The zero-order valence-electron chi connectivity index (χ0n) is 10.5. The number of rotatable bonds is 8. The number of nitrogens with one attached hydrogen (secondary N) is 1. The first-order valence-electron chi connectivity index (χ1n) is 5.50. The Morgan fingerprint density at radius 1 is 1.39 bits per heavy atom. The third kappa shape index (κ3) is 7.77. The lowest BCUT2D eigenvalue weighted by Gasteiger charge is -2.22. The molecule has 0 aromatic carbocycles. The number of aliphatic carboxylic acids is 1. The van der Waals surface area contributed by atoms with Crippen molar-refractivity contribution in [1.29, 1.82) is 0 Å². The minimum Gasteiger partial charge on any atom is -0.480 e. The fourth-order valence-corrected chi connectivity index (χ4v) is 1.86. The number of nitrogens with two attached hydrogens (primary N) is 1.